The number of carbonyl (C=O) groups is 1. The second-order valence-electron chi connectivity index (χ2n) is 6.11. The van der Waals surface area contributed by atoms with Gasteiger partial charge in [-0.3, -0.25) is 4.90 Å². The zero-order chi connectivity index (χ0) is 14.5. The van der Waals surface area contributed by atoms with Crippen molar-refractivity contribution in [1.82, 2.24) is 15.5 Å². The molecule has 0 unspecified atom stereocenters. The van der Waals surface area contributed by atoms with Gasteiger partial charge in [-0.2, -0.15) is 0 Å². The van der Waals surface area contributed by atoms with Crippen LogP contribution in [0.1, 0.15) is 49.4 Å². The molecule has 5 heteroatoms. The second kappa shape index (κ2) is 7.27. The molecule has 4 nitrogen and oxygen atoms in total. The van der Waals surface area contributed by atoms with Gasteiger partial charge in [-0.15, -0.1) is 11.3 Å². The zero-order valence-corrected chi connectivity index (χ0v) is 13.3. The Bertz CT molecular complexity index is 436. The highest BCUT2D eigenvalue weighted by molar-refractivity contribution is 7.10. The van der Waals surface area contributed by atoms with Gasteiger partial charge in [0, 0.05) is 17.5 Å². The minimum Gasteiger partial charge on any atom is -0.336 e. The van der Waals surface area contributed by atoms with Crippen LogP contribution in [0.25, 0.3) is 0 Å². The van der Waals surface area contributed by atoms with Gasteiger partial charge >= 0.3 is 6.03 Å². The van der Waals surface area contributed by atoms with E-state index in [-0.39, 0.29) is 6.03 Å². The summed E-state index contributed by atoms with van der Waals surface area (Å²) in [6.45, 7) is 3.00. The van der Waals surface area contributed by atoms with E-state index in [0.717, 1.165) is 25.9 Å². The fraction of sp³-hybridized carbons (Fsp3) is 0.688. The van der Waals surface area contributed by atoms with Crippen molar-refractivity contribution in [3.63, 3.8) is 0 Å². The highest BCUT2D eigenvalue weighted by atomic mass is 32.1. The number of rotatable bonds is 5. The van der Waals surface area contributed by atoms with Gasteiger partial charge in [0.15, 0.2) is 0 Å². The maximum absolute atomic E-state index is 11.9. The molecule has 2 N–H and O–H groups in total. The Morgan fingerprint density at radius 2 is 2.05 bits per heavy atom. The van der Waals surface area contributed by atoms with E-state index in [1.165, 1.54) is 30.6 Å². The van der Waals surface area contributed by atoms with E-state index in [9.17, 15) is 4.79 Å². The van der Waals surface area contributed by atoms with Crippen molar-refractivity contribution in [2.24, 2.45) is 0 Å². The van der Waals surface area contributed by atoms with Crippen LogP contribution in [0, 0.1) is 0 Å². The predicted molar refractivity (Wildman–Crippen MR) is 86.7 cm³/mol. The molecule has 1 saturated carbocycles. The highest BCUT2D eigenvalue weighted by Crippen LogP contribution is 2.27. The van der Waals surface area contributed by atoms with Gasteiger partial charge in [-0.1, -0.05) is 18.9 Å². The quantitative estimate of drug-likeness (QED) is 0.878. The van der Waals surface area contributed by atoms with Gasteiger partial charge in [-0.25, -0.2) is 4.79 Å². The van der Waals surface area contributed by atoms with E-state index >= 15 is 0 Å². The Labute approximate surface area is 130 Å². The van der Waals surface area contributed by atoms with E-state index < -0.39 is 0 Å². The van der Waals surface area contributed by atoms with Gasteiger partial charge in [0.1, 0.15) is 0 Å². The average Bonchev–Trinajstić information content (AvgIpc) is 3.20. The molecule has 21 heavy (non-hydrogen) atoms. The minimum absolute atomic E-state index is 0.00567. The van der Waals surface area contributed by atoms with Crippen molar-refractivity contribution in [3.8, 4) is 0 Å². The first-order valence-corrected chi connectivity index (χ1v) is 9.03. The number of nitrogens with zero attached hydrogens (tertiary/aromatic N) is 1. The Hall–Kier alpha value is -1.07. The first-order valence-electron chi connectivity index (χ1n) is 8.15. The molecule has 1 aliphatic carbocycles. The van der Waals surface area contributed by atoms with Crippen LogP contribution >= 0.6 is 11.3 Å². The second-order valence-corrected chi connectivity index (χ2v) is 7.09. The number of hydrogen-bond donors (Lipinski definition) is 2. The summed E-state index contributed by atoms with van der Waals surface area (Å²) in [5.74, 6) is 0. The largest absolute Gasteiger partial charge is 0.336 e. The van der Waals surface area contributed by atoms with Crippen LogP contribution in [0.4, 0.5) is 4.79 Å². The van der Waals surface area contributed by atoms with Crippen molar-refractivity contribution in [3.05, 3.63) is 22.4 Å². The van der Waals surface area contributed by atoms with Crippen LogP contribution in [0.3, 0.4) is 0 Å². The standard InChI is InChI=1S/C16H25N3OS/c20-16(18-13-7-8-13)17-12-14(15-6-5-11-21-15)19-9-3-1-2-4-10-19/h5-6,11,13-14H,1-4,7-10,12H2,(H2,17,18,20)/t14-/m0/s1. The number of amides is 2. The molecule has 0 aromatic carbocycles. The summed E-state index contributed by atoms with van der Waals surface area (Å²) in [6.07, 6.45) is 7.49. The molecule has 116 valence electrons. The summed E-state index contributed by atoms with van der Waals surface area (Å²) in [5, 5.41) is 8.21. The van der Waals surface area contributed by atoms with E-state index in [4.69, 9.17) is 0 Å². The SMILES string of the molecule is O=C(NC[C@@H](c1cccs1)N1CCCCCC1)NC1CC1. The van der Waals surface area contributed by atoms with Gasteiger partial charge in [0.05, 0.1) is 6.04 Å². The number of urea groups is 1. The summed E-state index contributed by atoms with van der Waals surface area (Å²) in [5.41, 5.74) is 0. The monoisotopic (exact) mass is 307 g/mol. The molecule has 0 spiro atoms. The summed E-state index contributed by atoms with van der Waals surface area (Å²) in [4.78, 5) is 15.8. The molecule has 2 fully saturated rings. The number of thiophene rings is 1. The lowest BCUT2D eigenvalue weighted by Gasteiger charge is -2.30. The Balaban J connectivity index is 1.59. The van der Waals surface area contributed by atoms with Crippen LogP contribution in [0.5, 0.6) is 0 Å². The molecule has 1 atom stereocenters. The molecular weight excluding hydrogens is 282 g/mol. The van der Waals surface area contributed by atoms with E-state index in [1.54, 1.807) is 11.3 Å². The van der Waals surface area contributed by atoms with E-state index in [0.29, 0.717) is 18.6 Å². The van der Waals surface area contributed by atoms with Crippen molar-refractivity contribution < 1.29 is 4.79 Å². The maximum Gasteiger partial charge on any atom is 0.315 e. The molecule has 2 heterocycles. The molecule has 0 radical (unpaired) electrons. The molecule has 0 bridgehead atoms. The smallest absolute Gasteiger partial charge is 0.315 e. The van der Waals surface area contributed by atoms with Gasteiger partial charge in [0.25, 0.3) is 0 Å². The van der Waals surface area contributed by atoms with Crippen LogP contribution in [0.2, 0.25) is 0 Å². The van der Waals surface area contributed by atoms with E-state index in [2.05, 4.69) is 33.0 Å². The maximum atomic E-state index is 11.9. The lowest BCUT2D eigenvalue weighted by atomic mass is 10.2. The summed E-state index contributed by atoms with van der Waals surface area (Å²) in [7, 11) is 0. The molecule has 1 aromatic rings. The van der Waals surface area contributed by atoms with Crippen LogP contribution in [0.15, 0.2) is 17.5 Å². The Kier molecular flexibility index (Phi) is 5.14. The lowest BCUT2D eigenvalue weighted by Crippen LogP contribution is -2.43. The number of nitrogens with one attached hydrogen (secondary N) is 2. The highest BCUT2D eigenvalue weighted by Gasteiger charge is 2.25. The van der Waals surface area contributed by atoms with Crippen molar-refractivity contribution >= 4 is 17.4 Å². The van der Waals surface area contributed by atoms with Crippen LogP contribution in [-0.4, -0.2) is 36.6 Å². The first kappa shape index (κ1) is 14.9. The molecule has 1 aliphatic heterocycles. The van der Waals surface area contributed by atoms with Crippen molar-refractivity contribution in [2.45, 2.75) is 50.6 Å². The van der Waals surface area contributed by atoms with Gasteiger partial charge in [0.2, 0.25) is 0 Å². The molecule has 2 amide bonds. The number of hydrogen-bond acceptors (Lipinski definition) is 3. The zero-order valence-electron chi connectivity index (χ0n) is 12.5. The molecule has 2 aliphatic rings. The predicted octanol–water partition coefficient (Wildman–Crippen LogP) is 3.13. The summed E-state index contributed by atoms with van der Waals surface area (Å²) < 4.78 is 0. The topological polar surface area (TPSA) is 44.4 Å². The molecule has 1 aromatic heterocycles. The minimum atomic E-state index is -0.00567. The first-order chi connectivity index (χ1) is 10.3. The van der Waals surface area contributed by atoms with Crippen LogP contribution in [-0.2, 0) is 0 Å². The molecule has 3 rings (SSSR count). The van der Waals surface area contributed by atoms with Crippen molar-refractivity contribution in [2.75, 3.05) is 19.6 Å². The Morgan fingerprint density at radius 1 is 1.29 bits per heavy atom. The Morgan fingerprint density at radius 3 is 2.67 bits per heavy atom. The van der Waals surface area contributed by atoms with Crippen molar-refractivity contribution in [1.29, 1.82) is 0 Å². The van der Waals surface area contributed by atoms with Crippen LogP contribution < -0.4 is 10.6 Å². The summed E-state index contributed by atoms with van der Waals surface area (Å²) >= 11 is 1.80. The average molecular weight is 307 g/mol. The summed E-state index contributed by atoms with van der Waals surface area (Å²) in [6, 6.07) is 5.04. The third-order valence-corrected chi connectivity index (χ3v) is 5.30. The molecular formula is C16H25N3OS. The third kappa shape index (κ3) is 4.45. The third-order valence-electron chi connectivity index (χ3n) is 4.32. The van der Waals surface area contributed by atoms with Gasteiger partial charge in [-0.05, 0) is 50.2 Å². The lowest BCUT2D eigenvalue weighted by molar-refractivity contribution is 0.198. The number of likely N-dealkylation sites (tertiary alicyclic amines) is 1. The normalized spacial score (nSPS) is 21.5. The fourth-order valence-electron chi connectivity index (χ4n) is 2.95. The number of carbonyl (C=O) groups excluding carboxylic acids is 1. The van der Waals surface area contributed by atoms with Gasteiger partial charge < -0.3 is 10.6 Å². The van der Waals surface area contributed by atoms with E-state index in [1.807, 2.05) is 0 Å². The molecule has 1 saturated heterocycles. The fourth-order valence-corrected chi connectivity index (χ4v) is 3.81.